The Balaban J connectivity index is 1.07. The highest BCUT2D eigenvalue weighted by molar-refractivity contribution is 6.30. The third-order valence-corrected chi connectivity index (χ3v) is 11.2. The molecule has 0 spiro atoms. The van der Waals surface area contributed by atoms with Crippen LogP contribution in [0.3, 0.4) is 0 Å². The van der Waals surface area contributed by atoms with Crippen LogP contribution in [0, 0.1) is 0 Å². The van der Waals surface area contributed by atoms with E-state index in [0.29, 0.717) is 103 Å². The number of rotatable bonds is 25. The molecule has 3 amide bonds. The SMILES string of the molecule is CCOc1ccccc1-c1ccc(N2CCN(C(=O)c3ccc(Cl)cc3C(F)F)C[C@H]2CC)c(C(=O)N[C@@H]2CCN(CCCOCCOCCOCCOCCNC(=O)OC(C)(C)C)C2)n1. The lowest BCUT2D eigenvalue weighted by Gasteiger charge is -2.43. The molecule has 0 aliphatic carbocycles. The van der Waals surface area contributed by atoms with E-state index < -0.39 is 29.6 Å². The van der Waals surface area contributed by atoms with Gasteiger partial charge in [-0.15, -0.1) is 0 Å². The van der Waals surface area contributed by atoms with E-state index in [4.69, 9.17) is 45.0 Å². The average molecular weight is 946 g/mol. The van der Waals surface area contributed by atoms with Crippen molar-refractivity contribution in [3.8, 4) is 17.0 Å². The molecule has 2 saturated heterocycles. The third kappa shape index (κ3) is 16.3. The Morgan fingerprint density at radius 3 is 2.24 bits per heavy atom. The van der Waals surface area contributed by atoms with E-state index in [1.807, 2.05) is 71.0 Å². The predicted molar refractivity (Wildman–Crippen MR) is 249 cm³/mol. The zero-order valence-corrected chi connectivity index (χ0v) is 39.7. The Morgan fingerprint density at radius 2 is 1.56 bits per heavy atom. The van der Waals surface area contributed by atoms with Crippen LogP contribution in [0.4, 0.5) is 19.3 Å². The minimum Gasteiger partial charge on any atom is -0.493 e. The minimum atomic E-state index is -2.85. The standard InChI is InChI=1S/C48H67ClF2N6O9/c1-6-36-33-56(46(59)37-14-13-34(49)31-39(37)44(50)51)21-22-57(36)41-16-15-40(38-11-8-9-12-42(38)65-7-2)54-43(41)45(58)53-35-17-20-55(32-35)19-10-23-61-25-27-63-29-30-64-28-26-62-24-18-52-47(60)66-48(3,4)5/h8-9,11-16,31,35-36,44H,6-7,10,17-30,32-33H2,1-5H3,(H,52,60)(H,53,58)/t35-,36-/m1/s1. The number of carbonyl (C=O) groups is 3. The van der Waals surface area contributed by atoms with Crippen molar-refractivity contribution in [3.63, 3.8) is 0 Å². The summed E-state index contributed by atoms with van der Waals surface area (Å²) in [5.41, 5.74) is 1.26. The number of alkyl halides is 2. The maximum atomic E-state index is 14.3. The molecule has 2 N–H and O–H groups in total. The normalized spacial score (nSPS) is 16.7. The van der Waals surface area contributed by atoms with E-state index in [-0.39, 0.29) is 47.4 Å². The van der Waals surface area contributed by atoms with Crippen molar-refractivity contribution < 1.29 is 51.6 Å². The van der Waals surface area contributed by atoms with Crippen LogP contribution >= 0.6 is 11.6 Å². The van der Waals surface area contributed by atoms with Gasteiger partial charge in [-0.2, -0.15) is 0 Å². The number of anilines is 1. The number of nitrogens with zero attached hydrogens (tertiary/aromatic N) is 4. The number of halogens is 3. The molecule has 0 unspecified atom stereocenters. The van der Waals surface area contributed by atoms with Gasteiger partial charge in [-0.25, -0.2) is 18.6 Å². The smallest absolute Gasteiger partial charge is 0.407 e. The second-order valence-electron chi connectivity index (χ2n) is 17.0. The molecule has 2 aliphatic rings. The summed E-state index contributed by atoms with van der Waals surface area (Å²) in [5.74, 6) is -0.117. The molecule has 66 heavy (non-hydrogen) atoms. The molecule has 1 aromatic heterocycles. The number of benzene rings is 2. The molecule has 0 radical (unpaired) electrons. The lowest BCUT2D eigenvalue weighted by molar-refractivity contribution is -0.00245. The predicted octanol–water partition coefficient (Wildman–Crippen LogP) is 7.26. The number of para-hydroxylation sites is 1. The van der Waals surface area contributed by atoms with Gasteiger partial charge in [0.1, 0.15) is 11.4 Å². The highest BCUT2D eigenvalue weighted by Gasteiger charge is 2.34. The number of ether oxygens (including phenoxy) is 6. The van der Waals surface area contributed by atoms with Gasteiger partial charge >= 0.3 is 6.09 Å². The van der Waals surface area contributed by atoms with E-state index in [9.17, 15) is 23.2 Å². The van der Waals surface area contributed by atoms with Crippen molar-refractivity contribution in [2.45, 2.75) is 78.0 Å². The average Bonchev–Trinajstić information content (AvgIpc) is 3.74. The third-order valence-electron chi connectivity index (χ3n) is 11.0. The van der Waals surface area contributed by atoms with E-state index in [0.717, 1.165) is 37.6 Å². The summed E-state index contributed by atoms with van der Waals surface area (Å²) < 4.78 is 61.4. The first-order valence-corrected chi connectivity index (χ1v) is 23.3. The first kappa shape index (κ1) is 52.3. The Labute approximate surface area is 392 Å². The van der Waals surface area contributed by atoms with Crippen LogP contribution in [0.2, 0.25) is 5.02 Å². The maximum Gasteiger partial charge on any atom is 0.407 e. The number of pyridine rings is 1. The quantitative estimate of drug-likeness (QED) is 0.0823. The number of piperazine rings is 1. The number of hydrogen-bond donors (Lipinski definition) is 2. The fraction of sp³-hybridized carbons (Fsp3) is 0.583. The highest BCUT2D eigenvalue weighted by Crippen LogP contribution is 2.34. The van der Waals surface area contributed by atoms with Crippen molar-refractivity contribution in [2.24, 2.45) is 0 Å². The van der Waals surface area contributed by atoms with Crippen LogP contribution in [0.5, 0.6) is 5.75 Å². The molecule has 3 heterocycles. The van der Waals surface area contributed by atoms with Crippen molar-refractivity contribution in [2.75, 3.05) is 110 Å². The van der Waals surface area contributed by atoms with Crippen molar-refractivity contribution in [1.29, 1.82) is 0 Å². The van der Waals surface area contributed by atoms with Crippen LogP contribution in [0.1, 0.15) is 86.7 Å². The molecule has 0 saturated carbocycles. The topological polar surface area (TPSA) is 153 Å². The van der Waals surface area contributed by atoms with Gasteiger partial charge < -0.3 is 53.8 Å². The number of nitrogens with one attached hydrogen (secondary N) is 2. The summed E-state index contributed by atoms with van der Waals surface area (Å²) in [7, 11) is 0. The number of likely N-dealkylation sites (tertiary alicyclic amines) is 1. The van der Waals surface area contributed by atoms with Crippen molar-refractivity contribution in [1.82, 2.24) is 25.4 Å². The van der Waals surface area contributed by atoms with Crippen LogP contribution < -0.4 is 20.3 Å². The first-order valence-electron chi connectivity index (χ1n) is 23.0. The fourth-order valence-corrected chi connectivity index (χ4v) is 8.03. The molecule has 2 atom stereocenters. The number of carbonyl (C=O) groups excluding carboxylic acids is 3. The summed E-state index contributed by atoms with van der Waals surface area (Å²) in [6.07, 6.45) is -1.08. The molecule has 15 nitrogen and oxygen atoms in total. The van der Waals surface area contributed by atoms with Gasteiger partial charge in [-0.3, -0.25) is 9.59 Å². The summed E-state index contributed by atoms with van der Waals surface area (Å²) in [4.78, 5) is 50.7. The van der Waals surface area contributed by atoms with Gasteiger partial charge in [0.25, 0.3) is 18.2 Å². The number of alkyl carbamates (subject to hydrolysis) is 1. The monoisotopic (exact) mass is 944 g/mol. The molecule has 5 rings (SSSR count). The molecule has 2 fully saturated rings. The Kier molecular flexibility index (Phi) is 21.1. The van der Waals surface area contributed by atoms with Gasteiger partial charge in [0.05, 0.1) is 64.2 Å². The zero-order valence-electron chi connectivity index (χ0n) is 39.0. The van der Waals surface area contributed by atoms with Gasteiger partial charge in [-0.1, -0.05) is 30.7 Å². The van der Waals surface area contributed by atoms with Crippen LogP contribution in [-0.4, -0.2) is 156 Å². The van der Waals surface area contributed by atoms with Gasteiger partial charge in [0, 0.05) is 86.2 Å². The summed E-state index contributed by atoms with van der Waals surface area (Å²) in [5, 5.41) is 6.04. The molecule has 2 aromatic carbocycles. The Hall–Kier alpha value is -4.65. The Bertz CT molecular complexity index is 2010. The zero-order chi connectivity index (χ0) is 47.5. The highest BCUT2D eigenvalue weighted by atomic mass is 35.5. The summed E-state index contributed by atoms with van der Waals surface area (Å²) in [6.45, 7) is 17.0. The fourth-order valence-electron chi connectivity index (χ4n) is 7.84. The number of hydrogen-bond acceptors (Lipinski definition) is 12. The number of amides is 3. The van der Waals surface area contributed by atoms with Crippen molar-refractivity contribution in [3.05, 3.63) is 76.4 Å². The van der Waals surface area contributed by atoms with Crippen molar-refractivity contribution >= 4 is 35.2 Å². The maximum absolute atomic E-state index is 14.3. The molecular formula is C48H67ClF2N6O9. The van der Waals surface area contributed by atoms with Crippen LogP contribution in [0.25, 0.3) is 11.3 Å². The second kappa shape index (κ2) is 26.6. The summed E-state index contributed by atoms with van der Waals surface area (Å²) >= 11 is 6.00. The Morgan fingerprint density at radius 1 is 0.864 bits per heavy atom. The van der Waals surface area contributed by atoms with E-state index in [2.05, 4.69) is 20.4 Å². The van der Waals surface area contributed by atoms with E-state index in [1.54, 1.807) is 4.90 Å². The van der Waals surface area contributed by atoms with E-state index >= 15 is 0 Å². The molecule has 18 heteroatoms. The van der Waals surface area contributed by atoms with Crippen LogP contribution in [-0.2, 0) is 23.7 Å². The molecule has 0 bridgehead atoms. The lowest BCUT2D eigenvalue weighted by Crippen LogP contribution is -2.55. The van der Waals surface area contributed by atoms with Crippen LogP contribution in [0.15, 0.2) is 54.6 Å². The van der Waals surface area contributed by atoms with Gasteiger partial charge in [0.2, 0.25) is 0 Å². The largest absolute Gasteiger partial charge is 0.493 e. The first-order chi connectivity index (χ1) is 31.8. The lowest BCUT2D eigenvalue weighted by atomic mass is 10.0. The summed E-state index contributed by atoms with van der Waals surface area (Å²) in [6, 6.07) is 15.0. The molecular weight excluding hydrogens is 878 g/mol. The molecule has 364 valence electrons. The molecule has 3 aromatic rings. The number of aromatic nitrogens is 1. The van der Waals surface area contributed by atoms with E-state index in [1.165, 1.54) is 12.1 Å². The van der Waals surface area contributed by atoms with Gasteiger partial charge in [0.15, 0.2) is 5.69 Å². The minimum absolute atomic E-state index is 0.0673. The molecule has 2 aliphatic heterocycles. The van der Waals surface area contributed by atoms with Gasteiger partial charge in [-0.05, 0) is 89.4 Å². The second-order valence-corrected chi connectivity index (χ2v) is 17.5.